The number of hydrogen-bond donors (Lipinski definition) is 1. The highest BCUT2D eigenvalue weighted by atomic mass is 35.5. The van der Waals surface area contributed by atoms with Gasteiger partial charge in [-0.2, -0.15) is 0 Å². The lowest BCUT2D eigenvalue weighted by Gasteiger charge is -2.34. The Labute approximate surface area is 167 Å². The lowest BCUT2D eigenvalue weighted by Crippen LogP contribution is -2.44. The molecule has 3 heterocycles. The van der Waals surface area contributed by atoms with Gasteiger partial charge in [-0.15, -0.1) is 12.4 Å². The molecule has 0 unspecified atom stereocenters. The van der Waals surface area contributed by atoms with Gasteiger partial charge in [0.05, 0.1) is 0 Å². The molecule has 3 fully saturated rings. The number of rotatable bonds is 2. The molecule has 3 aliphatic rings. The number of benzene rings is 1. The first-order valence-corrected chi connectivity index (χ1v) is 10.1. The second kappa shape index (κ2) is 9.07. The fraction of sp³-hybridized carbons (Fsp3) is 0.619. The number of piperidine rings is 1. The van der Waals surface area contributed by atoms with Crippen molar-refractivity contribution in [2.45, 2.75) is 25.7 Å². The summed E-state index contributed by atoms with van der Waals surface area (Å²) < 4.78 is 0. The normalized spacial score (nSPS) is 26.1. The molecule has 5 nitrogen and oxygen atoms in total. The summed E-state index contributed by atoms with van der Waals surface area (Å²) in [5.74, 6) is 2.00. The Morgan fingerprint density at radius 2 is 1.37 bits per heavy atom. The van der Waals surface area contributed by atoms with Gasteiger partial charge in [0.1, 0.15) is 0 Å². The maximum absolute atomic E-state index is 13.0. The van der Waals surface area contributed by atoms with E-state index in [1.807, 2.05) is 35.2 Å². The number of carbonyl (C=O) groups excluding carboxylic acids is 2. The first-order chi connectivity index (χ1) is 12.7. The van der Waals surface area contributed by atoms with Crippen molar-refractivity contribution in [3.05, 3.63) is 35.9 Å². The van der Waals surface area contributed by atoms with Crippen LogP contribution in [0.5, 0.6) is 0 Å². The molecule has 6 heteroatoms. The maximum atomic E-state index is 13.0. The van der Waals surface area contributed by atoms with Gasteiger partial charge >= 0.3 is 0 Å². The Morgan fingerprint density at radius 1 is 0.815 bits per heavy atom. The average Bonchev–Trinajstić information content (AvgIpc) is 3.06. The summed E-state index contributed by atoms with van der Waals surface area (Å²) in [6.07, 6.45) is 3.86. The predicted octanol–water partition coefficient (Wildman–Crippen LogP) is 2.42. The van der Waals surface area contributed by atoms with E-state index in [9.17, 15) is 9.59 Å². The third kappa shape index (κ3) is 4.46. The molecule has 2 amide bonds. The summed E-state index contributed by atoms with van der Waals surface area (Å²) in [6, 6.07) is 9.44. The fourth-order valence-corrected chi connectivity index (χ4v) is 4.79. The average molecular weight is 392 g/mol. The summed E-state index contributed by atoms with van der Waals surface area (Å²) in [5.41, 5.74) is 0.741. The molecule has 1 aromatic carbocycles. The van der Waals surface area contributed by atoms with E-state index in [2.05, 4.69) is 10.2 Å². The van der Waals surface area contributed by atoms with Gasteiger partial charge in [0.2, 0.25) is 5.91 Å². The zero-order valence-corrected chi connectivity index (χ0v) is 16.6. The van der Waals surface area contributed by atoms with Crippen molar-refractivity contribution in [2.75, 3.05) is 39.3 Å². The molecule has 2 atom stereocenters. The maximum Gasteiger partial charge on any atom is 0.253 e. The van der Waals surface area contributed by atoms with Crippen LogP contribution in [0.1, 0.15) is 36.0 Å². The van der Waals surface area contributed by atoms with E-state index in [0.717, 1.165) is 69.3 Å². The van der Waals surface area contributed by atoms with Crippen LogP contribution in [0, 0.1) is 17.8 Å². The first kappa shape index (κ1) is 20.2. The number of nitrogens with zero attached hydrogens (tertiary/aromatic N) is 2. The Morgan fingerprint density at radius 3 is 1.96 bits per heavy atom. The number of hydrogen-bond acceptors (Lipinski definition) is 3. The highest BCUT2D eigenvalue weighted by Gasteiger charge is 2.35. The van der Waals surface area contributed by atoms with Crippen molar-refractivity contribution < 1.29 is 9.59 Å². The third-order valence-electron chi connectivity index (χ3n) is 6.48. The van der Waals surface area contributed by atoms with Crippen molar-refractivity contribution in [1.29, 1.82) is 0 Å². The minimum Gasteiger partial charge on any atom is -0.342 e. The Kier molecular flexibility index (Phi) is 6.77. The van der Waals surface area contributed by atoms with E-state index in [-0.39, 0.29) is 24.2 Å². The predicted molar refractivity (Wildman–Crippen MR) is 108 cm³/mol. The highest BCUT2D eigenvalue weighted by molar-refractivity contribution is 5.94. The third-order valence-corrected chi connectivity index (χ3v) is 6.48. The van der Waals surface area contributed by atoms with Crippen molar-refractivity contribution in [3.63, 3.8) is 0 Å². The van der Waals surface area contributed by atoms with E-state index in [1.54, 1.807) is 0 Å². The van der Waals surface area contributed by atoms with E-state index in [1.165, 1.54) is 0 Å². The van der Waals surface area contributed by atoms with Crippen molar-refractivity contribution >= 4 is 24.2 Å². The van der Waals surface area contributed by atoms with Crippen LogP contribution < -0.4 is 5.32 Å². The largest absolute Gasteiger partial charge is 0.342 e. The first-order valence-electron chi connectivity index (χ1n) is 10.1. The van der Waals surface area contributed by atoms with Crippen LogP contribution >= 0.6 is 12.4 Å². The van der Waals surface area contributed by atoms with E-state index in [4.69, 9.17) is 0 Å². The summed E-state index contributed by atoms with van der Waals surface area (Å²) in [6.45, 7) is 5.43. The molecule has 27 heavy (non-hydrogen) atoms. The van der Waals surface area contributed by atoms with Crippen molar-refractivity contribution in [1.82, 2.24) is 15.1 Å². The second-order valence-corrected chi connectivity index (χ2v) is 8.01. The zero-order chi connectivity index (χ0) is 17.9. The molecule has 1 aromatic rings. The zero-order valence-electron chi connectivity index (χ0n) is 15.8. The fourth-order valence-electron chi connectivity index (χ4n) is 4.79. The highest BCUT2D eigenvalue weighted by Crippen LogP contribution is 2.29. The molecular formula is C21H30ClN3O2. The van der Waals surface area contributed by atoms with Crippen LogP contribution in [-0.4, -0.2) is 60.9 Å². The van der Waals surface area contributed by atoms with Gasteiger partial charge in [-0.25, -0.2) is 0 Å². The smallest absolute Gasteiger partial charge is 0.253 e. The lowest BCUT2D eigenvalue weighted by molar-refractivity contribution is -0.136. The molecule has 3 saturated heterocycles. The monoisotopic (exact) mass is 391 g/mol. The van der Waals surface area contributed by atoms with Gasteiger partial charge in [-0.05, 0) is 62.7 Å². The minimum atomic E-state index is 0. The van der Waals surface area contributed by atoms with Crippen LogP contribution in [0.2, 0.25) is 0 Å². The molecule has 0 aliphatic carbocycles. The molecule has 0 spiro atoms. The molecule has 3 aliphatic heterocycles. The van der Waals surface area contributed by atoms with Crippen LogP contribution in [0.4, 0.5) is 0 Å². The number of amides is 2. The molecular weight excluding hydrogens is 362 g/mol. The van der Waals surface area contributed by atoms with Gasteiger partial charge in [-0.3, -0.25) is 9.59 Å². The van der Waals surface area contributed by atoms with Gasteiger partial charge in [0.25, 0.3) is 5.91 Å². The van der Waals surface area contributed by atoms with Gasteiger partial charge in [0, 0.05) is 37.7 Å². The SMILES string of the molecule is Cl.O=C(c1ccccc1)N1CCC(C(=O)N2CC[C@@H]3CNC[C@@H]3CC2)CC1. The standard InChI is InChI=1S/C21H29N3O2.ClH/c25-20(16-4-2-1-3-5-16)23-10-6-17(7-11-23)21(26)24-12-8-18-14-22-15-19(18)9-13-24;/h1-5,17-19,22H,6-15H2;1H/t18-,19+;. The van der Waals surface area contributed by atoms with E-state index >= 15 is 0 Å². The number of likely N-dealkylation sites (tertiary alicyclic amines) is 2. The molecule has 0 bridgehead atoms. The summed E-state index contributed by atoms with van der Waals surface area (Å²) in [4.78, 5) is 29.5. The molecule has 0 saturated carbocycles. The van der Waals surface area contributed by atoms with Crippen LogP contribution in [0.15, 0.2) is 30.3 Å². The summed E-state index contributed by atoms with van der Waals surface area (Å²) in [7, 11) is 0. The van der Waals surface area contributed by atoms with Crippen LogP contribution in [-0.2, 0) is 4.79 Å². The van der Waals surface area contributed by atoms with Gasteiger partial charge in [0.15, 0.2) is 0 Å². The van der Waals surface area contributed by atoms with E-state index in [0.29, 0.717) is 19.0 Å². The van der Waals surface area contributed by atoms with Crippen LogP contribution in [0.3, 0.4) is 0 Å². The number of halogens is 1. The van der Waals surface area contributed by atoms with Gasteiger partial charge < -0.3 is 15.1 Å². The lowest BCUT2D eigenvalue weighted by atomic mass is 9.92. The minimum absolute atomic E-state index is 0. The quantitative estimate of drug-likeness (QED) is 0.842. The number of carbonyl (C=O) groups is 2. The Balaban J connectivity index is 0.00000210. The molecule has 0 radical (unpaired) electrons. The van der Waals surface area contributed by atoms with E-state index < -0.39 is 0 Å². The number of fused-ring (bicyclic) bond motifs is 1. The second-order valence-electron chi connectivity index (χ2n) is 8.01. The Hall–Kier alpha value is -1.59. The molecule has 1 N–H and O–H groups in total. The number of nitrogens with one attached hydrogen (secondary N) is 1. The topological polar surface area (TPSA) is 52.7 Å². The van der Waals surface area contributed by atoms with Crippen LogP contribution in [0.25, 0.3) is 0 Å². The van der Waals surface area contributed by atoms with Gasteiger partial charge in [-0.1, -0.05) is 18.2 Å². The van der Waals surface area contributed by atoms with Crippen molar-refractivity contribution in [2.24, 2.45) is 17.8 Å². The molecule has 4 rings (SSSR count). The molecule has 0 aromatic heterocycles. The summed E-state index contributed by atoms with van der Waals surface area (Å²) >= 11 is 0. The summed E-state index contributed by atoms with van der Waals surface area (Å²) in [5, 5.41) is 3.49. The molecule has 148 valence electrons. The Bertz CT molecular complexity index is 632. The van der Waals surface area contributed by atoms with Crippen molar-refractivity contribution in [3.8, 4) is 0 Å².